The monoisotopic (exact) mass is 227 g/mol. The number of hydrogen-bond acceptors (Lipinski definition) is 4. The number of rotatable bonds is 7. The van der Waals surface area contributed by atoms with Crippen LogP contribution in [0.2, 0.25) is 0 Å². The zero-order valence-electron chi connectivity index (χ0n) is 9.74. The van der Waals surface area contributed by atoms with E-state index in [9.17, 15) is 4.79 Å². The van der Waals surface area contributed by atoms with Gasteiger partial charge in [-0.1, -0.05) is 12.5 Å². The summed E-state index contributed by atoms with van der Waals surface area (Å²) in [6.45, 7) is 6.07. The summed E-state index contributed by atoms with van der Waals surface area (Å²) in [5.41, 5.74) is 0. The molecule has 1 rings (SSSR count). The standard InChI is InChI=1S/C12H21NO3/c1-2-8-15-9-5-10-16-12(14)11-6-3-4-7-13-11/h2,11,13H,1,3-10H2/t11-/m0/s1. The number of ether oxygens (including phenoxy) is 2. The summed E-state index contributed by atoms with van der Waals surface area (Å²) in [4.78, 5) is 11.5. The van der Waals surface area contributed by atoms with Crippen LogP contribution in [0.4, 0.5) is 0 Å². The van der Waals surface area contributed by atoms with Crippen molar-refractivity contribution in [3.63, 3.8) is 0 Å². The van der Waals surface area contributed by atoms with E-state index in [0.717, 1.165) is 32.2 Å². The number of carbonyl (C=O) groups is 1. The third-order valence-corrected chi connectivity index (χ3v) is 2.51. The highest BCUT2D eigenvalue weighted by molar-refractivity contribution is 5.75. The van der Waals surface area contributed by atoms with Gasteiger partial charge in [-0.15, -0.1) is 6.58 Å². The Balaban J connectivity index is 1.99. The Labute approximate surface area is 97.0 Å². The van der Waals surface area contributed by atoms with E-state index in [2.05, 4.69) is 11.9 Å². The highest BCUT2D eigenvalue weighted by Crippen LogP contribution is 2.08. The molecule has 1 atom stereocenters. The minimum Gasteiger partial charge on any atom is -0.464 e. The predicted octanol–water partition coefficient (Wildman–Crippen LogP) is 1.26. The van der Waals surface area contributed by atoms with E-state index in [1.807, 2.05) is 0 Å². The molecule has 1 saturated heterocycles. The zero-order valence-corrected chi connectivity index (χ0v) is 9.74. The fraction of sp³-hybridized carbons (Fsp3) is 0.750. The molecular weight excluding hydrogens is 206 g/mol. The van der Waals surface area contributed by atoms with Crippen LogP contribution < -0.4 is 5.32 Å². The summed E-state index contributed by atoms with van der Waals surface area (Å²) in [5.74, 6) is -0.122. The molecule has 16 heavy (non-hydrogen) atoms. The first-order valence-corrected chi connectivity index (χ1v) is 5.93. The van der Waals surface area contributed by atoms with Gasteiger partial charge in [0, 0.05) is 6.42 Å². The topological polar surface area (TPSA) is 47.6 Å². The van der Waals surface area contributed by atoms with E-state index in [1.165, 1.54) is 0 Å². The van der Waals surface area contributed by atoms with Crippen molar-refractivity contribution in [1.29, 1.82) is 0 Å². The normalized spacial score (nSPS) is 20.4. The third kappa shape index (κ3) is 5.28. The van der Waals surface area contributed by atoms with Gasteiger partial charge in [0.05, 0.1) is 19.8 Å². The lowest BCUT2D eigenvalue weighted by Gasteiger charge is -2.21. The molecule has 0 spiro atoms. The third-order valence-electron chi connectivity index (χ3n) is 2.51. The van der Waals surface area contributed by atoms with Crippen LogP contribution in [0.15, 0.2) is 12.7 Å². The van der Waals surface area contributed by atoms with Gasteiger partial charge in [-0.05, 0) is 19.4 Å². The summed E-state index contributed by atoms with van der Waals surface area (Å²) >= 11 is 0. The second-order valence-electron chi connectivity index (χ2n) is 3.89. The fourth-order valence-electron chi connectivity index (χ4n) is 1.65. The van der Waals surface area contributed by atoms with Crippen molar-refractivity contribution in [3.8, 4) is 0 Å². The average molecular weight is 227 g/mol. The highest BCUT2D eigenvalue weighted by atomic mass is 16.5. The molecule has 0 aromatic rings. The molecule has 1 aliphatic heterocycles. The van der Waals surface area contributed by atoms with Gasteiger partial charge in [0.15, 0.2) is 0 Å². The van der Waals surface area contributed by atoms with Crippen LogP contribution in [-0.4, -0.2) is 38.4 Å². The molecule has 0 unspecified atom stereocenters. The Morgan fingerprint density at radius 2 is 2.31 bits per heavy atom. The minimum absolute atomic E-state index is 0.0946. The van der Waals surface area contributed by atoms with Gasteiger partial charge in [0.1, 0.15) is 6.04 Å². The van der Waals surface area contributed by atoms with Crippen molar-refractivity contribution in [1.82, 2.24) is 5.32 Å². The first kappa shape index (κ1) is 13.2. The van der Waals surface area contributed by atoms with Crippen molar-refractivity contribution in [2.45, 2.75) is 31.7 Å². The Kier molecular flexibility index (Phi) is 6.85. The van der Waals surface area contributed by atoms with Gasteiger partial charge in [-0.25, -0.2) is 0 Å². The molecule has 1 heterocycles. The van der Waals surface area contributed by atoms with Crippen LogP contribution in [0.5, 0.6) is 0 Å². The summed E-state index contributed by atoms with van der Waals surface area (Å²) in [5, 5.41) is 3.16. The number of nitrogens with one attached hydrogen (secondary N) is 1. The lowest BCUT2D eigenvalue weighted by atomic mass is 10.1. The van der Waals surface area contributed by atoms with Crippen molar-refractivity contribution < 1.29 is 14.3 Å². The van der Waals surface area contributed by atoms with Gasteiger partial charge in [-0.2, -0.15) is 0 Å². The predicted molar refractivity (Wildman–Crippen MR) is 62.2 cm³/mol. The van der Waals surface area contributed by atoms with Crippen molar-refractivity contribution in [3.05, 3.63) is 12.7 Å². The quantitative estimate of drug-likeness (QED) is 0.404. The number of piperidine rings is 1. The molecule has 0 aliphatic carbocycles. The van der Waals surface area contributed by atoms with E-state index in [4.69, 9.17) is 9.47 Å². The van der Waals surface area contributed by atoms with E-state index in [1.54, 1.807) is 6.08 Å². The molecule has 0 aromatic carbocycles. The van der Waals surface area contributed by atoms with Gasteiger partial charge in [0.25, 0.3) is 0 Å². The maximum atomic E-state index is 11.5. The van der Waals surface area contributed by atoms with Crippen LogP contribution in [0.1, 0.15) is 25.7 Å². The second-order valence-corrected chi connectivity index (χ2v) is 3.89. The van der Waals surface area contributed by atoms with Crippen molar-refractivity contribution in [2.75, 3.05) is 26.4 Å². The van der Waals surface area contributed by atoms with E-state index in [0.29, 0.717) is 19.8 Å². The minimum atomic E-state index is -0.122. The number of esters is 1. The molecule has 1 aliphatic rings. The number of carbonyl (C=O) groups excluding carboxylic acids is 1. The smallest absolute Gasteiger partial charge is 0.323 e. The number of hydrogen-bond donors (Lipinski definition) is 1. The SMILES string of the molecule is C=CCOCCCOC(=O)[C@@H]1CCCCN1. The molecule has 0 aromatic heterocycles. The van der Waals surface area contributed by atoms with Gasteiger partial charge < -0.3 is 14.8 Å². The fourth-order valence-corrected chi connectivity index (χ4v) is 1.65. The van der Waals surface area contributed by atoms with Crippen LogP contribution >= 0.6 is 0 Å². The Bertz CT molecular complexity index is 212. The Morgan fingerprint density at radius 3 is 3.00 bits per heavy atom. The lowest BCUT2D eigenvalue weighted by molar-refractivity contribution is -0.147. The Morgan fingerprint density at radius 1 is 1.44 bits per heavy atom. The molecule has 0 radical (unpaired) electrons. The van der Waals surface area contributed by atoms with Gasteiger partial charge in [-0.3, -0.25) is 4.79 Å². The first-order chi connectivity index (χ1) is 7.84. The summed E-state index contributed by atoms with van der Waals surface area (Å²) in [6.07, 6.45) is 5.60. The molecule has 4 nitrogen and oxygen atoms in total. The van der Waals surface area contributed by atoms with Crippen LogP contribution in [0.3, 0.4) is 0 Å². The van der Waals surface area contributed by atoms with E-state index in [-0.39, 0.29) is 12.0 Å². The molecular formula is C12H21NO3. The molecule has 1 N–H and O–H groups in total. The second kappa shape index (κ2) is 8.30. The van der Waals surface area contributed by atoms with Crippen molar-refractivity contribution in [2.24, 2.45) is 0 Å². The average Bonchev–Trinajstić information content (AvgIpc) is 2.34. The van der Waals surface area contributed by atoms with E-state index < -0.39 is 0 Å². The highest BCUT2D eigenvalue weighted by Gasteiger charge is 2.21. The maximum Gasteiger partial charge on any atom is 0.323 e. The molecule has 1 fully saturated rings. The summed E-state index contributed by atoms with van der Waals surface area (Å²) in [6, 6.07) is -0.0946. The largest absolute Gasteiger partial charge is 0.464 e. The van der Waals surface area contributed by atoms with Crippen molar-refractivity contribution >= 4 is 5.97 Å². The van der Waals surface area contributed by atoms with Gasteiger partial charge in [0.2, 0.25) is 0 Å². The summed E-state index contributed by atoms with van der Waals surface area (Å²) < 4.78 is 10.3. The molecule has 0 saturated carbocycles. The Hall–Kier alpha value is -0.870. The van der Waals surface area contributed by atoms with Crippen LogP contribution in [-0.2, 0) is 14.3 Å². The summed E-state index contributed by atoms with van der Waals surface area (Å²) in [7, 11) is 0. The lowest BCUT2D eigenvalue weighted by Crippen LogP contribution is -2.41. The maximum absolute atomic E-state index is 11.5. The zero-order chi connectivity index (χ0) is 11.6. The molecule has 0 amide bonds. The van der Waals surface area contributed by atoms with Crippen LogP contribution in [0.25, 0.3) is 0 Å². The molecule has 0 bridgehead atoms. The first-order valence-electron chi connectivity index (χ1n) is 5.93. The molecule has 4 heteroatoms. The van der Waals surface area contributed by atoms with E-state index >= 15 is 0 Å². The van der Waals surface area contributed by atoms with Gasteiger partial charge >= 0.3 is 5.97 Å². The molecule has 92 valence electrons. The van der Waals surface area contributed by atoms with Crippen LogP contribution in [0, 0.1) is 0 Å².